The van der Waals surface area contributed by atoms with Gasteiger partial charge in [0.15, 0.2) is 0 Å². The van der Waals surface area contributed by atoms with Crippen molar-refractivity contribution in [3.05, 3.63) is 0 Å². The predicted molar refractivity (Wildman–Crippen MR) is 63.5 cm³/mol. The predicted octanol–water partition coefficient (Wildman–Crippen LogP) is 3.73. The fourth-order valence-corrected chi connectivity index (χ4v) is 2.70. The molecule has 1 rings (SSSR count). The molecule has 2 atom stereocenters. The Morgan fingerprint density at radius 3 is 2.21 bits per heavy atom. The highest BCUT2D eigenvalue weighted by molar-refractivity contribution is 4.83. The Morgan fingerprint density at radius 2 is 1.79 bits per heavy atom. The van der Waals surface area contributed by atoms with Gasteiger partial charge in [-0.25, -0.2) is 0 Å². The van der Waals surface area contributed by atoms with E-state index in [9.17, 15) is 0 Å². The normalized spacial score (nSPS) is 27.4. The van der Waals surface area contributed by atoms with Gasteiger partial charge in [-0.05, 0) is 31.6 Å². The van der Waals surface area contributed by atoms with E-state index in [1.807, 2.05) is 0 Å². The summed E-state index contributed by atoms with van der Waals surface area (Å²) in [6.45, 7) is 6.99. The van der Waals surface area contributed by atoms with Gasteiger partial charge in [-0.15, -0.1) is 0 Å². The monoisotopic (exact) mass is 197 g/mol. The van der Waals surface area contributed by atoms with Crippen LogP contribution in [0, 0.1) is 5.92 Å². The van der Waals surface area contributed by atoms with Crippen molar-refractivity contribution in [1.29, 1.82) is 0 Å². The third kappa shape index (κ3) is 3.61. The first kappa shape index (κ1) is 12.0. The summed E-state index contributed by atoms with van der Waals surface area (Å²) >= 11 is 0. The summed E-state index contributed by atoms with van der Waals surface area (Å²) in [6.07, 6.45) is 9.63. The maximum atomic E-state index is 3.87. The van der Waals surface area contributed by atoms with E-state index in [0.29, 0.717) is 0 Å². The summed E-state index contributed by atoms with van der Waals surface area (Å²) in [5.74, 6) is 0.909. The quantitative estimate of drug-likeness (QED) is 0.684. The van der Waals surface area contributed by atoms with Gasteiger partial charge in [-0.1, -0.05) is 40.0 Å². The lowest BCUT2D eigenvalue weighted by atomic mass is 10.0. The van der Waals surface area contributed by atoms with Gasteiger partial charge in [-0.2, -0.15) is 0 Å². The Kier molecular flexibility index (Phi) is 5.54. The largest absolute Gasteiger partial charge is 0.311 e. The van der Waals surface area contributed by atoms with Crippen molar-refractivity contribution in [3.8, 4) is 0 Å². The van der Waals surface area contributed by atoms with E-state index in [1.165, 1.54) is 44.9 Å². The molecule has 1 N–H and O–H groups in total. The first-order valence-electron chi connectivity index (χ1n) is 6.54. The first-order chi connectivity index (χ1) is 6.77. The Bertz CT molecular complexity index is 138. The van der Waals surface area contributed by atoms with E-state index in [4.69, 9.17) is 0 Å². The molecule has 0 aromatic rings. The van der Waals surface area contributed by atoms with E-state index in [0.717, 1.165) is 18.0 Å². The van der Waals surface area contributed by atoms with Crippen LogP contribution in [0.25, 0.3) is 0 Å². The standard InChI is InChI=1S/C13H27N/c1-4-7-12(8-5-2)14-13-10-6-9-11(13)3/h11-14H,4-10H2,1-3H3. The van der Waals surface area contributed by atoms with E-state index in [-0.39, 0.29) is 0 Å². The minimum absolute atomic E-state index is 0.788. The summed E-state index contributed by atoms with van der Waals surface area (Å²) in [4.78, 5) is 0. The number of rotatable bonds is 6. The molecule has 0 spiro atoms. The van der Waals surface area contributed by atoms with E-state index < -0.39 is 0 Å². The van der Waals surface area contributed by atoms with Gasteiger partial charge in [0.05, 0.1) is 0 Å². The van der Waals surface area contributed by atoms with Crippen LogP contribution in [0.3, 0.4) is 0 Å². The average molecular weight is 197 g/mol. The minimum Gasteiger partial charge on any atom is -0.311 e. The second kappa shape index (κ2) is 6.44. The van der Waals surface area contributed by atoms with E-state index >= 15 is 0 Å². The smallest absolute Gasteiger partial charge is 0.00952 e. The molecule has 1 fully saturated rings. The van der Waals surface area contributed by atoms with Crippen LogP contribution in [0.4, 0.5) is 0 Å². The first-order valence-corrected chi connectivity index (χ1v) is 6.54. The van der Waals surface area contributed by atoms with Gasteiger partial charge in [0, 0.05) is 12.1 Å². The van der Waals surface area contributed by atoms with Crippen LogP contribution in [0.15, 0.2) is 0 Å². The molecular formula is C13H27N. The van der Waals surface area contributed by atoms with Crippen LogP contribution in [-0.4, -0.2) is 12.1 Å². The van der Waals surface area contributed by atoms with Gasteiger partial charge in [0.25, 0.3) is 0 Å². The van der Waals surface area contributed by atoms with Crippen molar-refractivity contribution >= 4 is 0 Å². The minimum atomic E-state index is 0.788. The molecule has 0 aliphatic heterocycles. The third-order valence-corrected chi connectivity index (χ3v) is 3.59. The molecule has 0 aromatic heterocycles. The number of hydrogen-bond donors (Lipinski definition) is 1. The Balaban J connectivity index is 2.29. The van der Waals surface area contributed by atoms with Crippen LogP contribution in [-0.2, 0) is 0 Å². The van der Waals surface area contributed by atoms with E-state index in [1.54, 1.807) is 0 Å². The fraction of sp³-hybridized carbons (Fsp3) is 1.00. The molecule has 1 saturated carbocycles. The Morgan fingerprint density at radius 1 is 1.14 bits per heavy atom. The molecule has 1 aliphatic carbocycles. The van der Waals surface area contributed by atoms with Crippen molar-refractivity contribution in [2.75, 3.05) is 0 Å². The van der Waals surface area contributed by atoms with Gasteiger partial charge in [-0.3, -0.25) is 0 Å². The molecule has 1 nitrogen and oxygen atoms in total. The second-order valence-electron chi connectivity index (χ2n) is 4.96. The summed E-state index contributed by atoms with van der Waals surface area (Å²) < 4.78 is 0. The zero-order valence-electron chi connectivity index (χ0n) is 10.2. The SMILES string of the molecule is CCCC(CCC)NC1CCCC1C. The Hall–Kier alpha value is -0.0400. The van der Waals surface area contributed by atoms with Gasteiger partial charge >= 0.3 is 0 Å². The van der Waals surface area contributed by atoms with E-state index in [2.05, 4.69) is 26.1 Å². The lowest BCUT2D eigenvalue weighted by Crippen LogP contribution is -2.39. The summed E-state index contributed by atoms with van der Waals surface area (Å²) in [5, 5.41) is 3.87. The van der Waals surface area contributed by atoms with Crippen LogP contribution in [0.1, 0.15) is 65.7 Å². The van der Waals surface area contributed by atoms with Crippen molar-refractivity contribution in [2.24, 2.45) is 5.92 Å². The average Bonchev–Trinajstić information content (AvgIpc) is 2.53. The second-order valence-corrected chi connectivity index (χ2v) is 4.96. The molecule has 2 unspecified atom stereocenters. The highest BCUT2D eigenvalue weighted by Crippen LogP contribution is 2.26. The van der Waals surface area contributed by atoms with Crippen molar-refractivity contribution in [2.45, 2.75) is 77.8 Å². The molecule has 84 valence electrons. The fourth-order valence-electron chi connectivity index (χ4n) is 2.70. The highest BCUT2D eigenvalue weighted by Gasteiger charge is 2.24. The maximum Gasteiger partial charge on any atom is 0.00952 e. The zero-order chi connectivity index (χ0) is 10.4. The van der Waals surface area contributed by atoms with Gasteiger partial charge in [0.2, 0.25) is 0 Å². The van der Waals surface area contributed by atoms with Crippen molar-refractivity contribution in [3.63, 3.8) is 0 Å². The third-order valence-electron chi connectivity index (χ3n) is 3.59. The van der Waals surface area contributed by atoms with Crippen LogP contribution >= 0.6 is 0 Å². The molecule has 14 heavy (non-hydrogen) atoms. The van der Waals surface area contributed by atoms with Gasteiger partial charge in [0.1, 0.15) is 0 Å². The summed E-state index contributed by atoms with van der Waals surface area (Å²) in [5.41, 5.74) is 0. The van der Waals surface area contributed by atoms with Crippen molar-refractivity contribution < 1.29 is 0 Å². The van der Waals surface area contributed by atoms with Crippen molar-refractivity contribution in [1.82, 2.24) is 5.32 Å². The molecule has 0 heterocycles. The summed E-state index contributed by atoms with van der Waals surface area (Å²) in [7, 11) is 0. The molecule has 0 bridgehead atoms. The molecule has 1 heteroatoms. The molecular weight excluding hydrogens is 170 g/mol. The molecule has 0 amide bonds. The molecule has 0 radical (unpaired) electrons. The van der Waals surface area contributed by atoms with Crippen LogP contribution in [0.5, 0.6) is 0 Å². The van der Waals surface area contributed by atoms with Gasteiger partial charge < -0.3 is 5.32 Å². The number of hydrogen-bond acceptors (Lipinski definition) is 1. The molecule has 0 aromatic carbocycles. The lowest BCUT2D eigenvalue weighted by Gasteiger charge is -2.25. The number of nitrogens with one attached hydrogen (secondary N) is 1. The zero-order valence-corrected chi connectivity index (χ0v) is 10.2. The molecule has 1 aliphatic rings. The highest BCUT2D eigenvalue weighted by atomic mass is 15.0. The topological polar surface area (TPSA) is 12.0 Å². The summed E-state index contributed by atoms with van der Waals surface area (Å²) in [6, 6.07) is 1.61. The lowest BCUT2D eigenvalue weighted by molar-refractivity contribution is 0.342. The van der Waals surface area contributed by atoms with Crippen LogP contribution in [0.2, 0.25) is 0 Å². The maximum absolute atomic E-state index is 3.87. The Labute approximate surface area is 89.7 Å². The van der Waals surface area contributed by atoms with Crippen LogP contribution < -0.4 is 5.32 Å². The molecule has 0 saturated heterocycles.